The van der Waals surface area contributed by atoms with E-state index in [0.717, 1.165) is 5.69 Å². The minimum absolute atomic E-state index is 1.14. The molecule has 10 rings (SSSR count). The minimum atomic E-state index is 1.14. The summed E-state index contributed by atoms with van der Waals surface area (Å²) in [5, 5.41) is 7.76. The Hall–Kier alpha value is -5.64. The van der Waals surface area contributed by atoms with E-state index in [1.54, 1.807) is 0 Å². The Morgan fingerprint density at radius 2 is 0.978 bits per heavy atom. The van der Waals surface area contributed by atoms with Crippen molar-refractivity contribution in [3.05, 3.63) is 158 Å². The van der Waals surface area contributed by atoms with Crippen molar-refractivity contribution in [2.24, 2.45) is 0 Å². The van der Waals surface area contributed by atoms with Crippen LogP contribution in [0, 0.1) is 0 Å². The lowest BCUT2D eigenvalue weighted by molar-refractivity contribution is 1.28. The first-order valence-electron chi connectivity index (χ1n) is 15.4. The highest BCUT2D eigenvalue weighted by Crippen LogP contribution is 2.49. The Morgan fingerprint density at radius 1 is 0.400 bits per heavy atom. The van der Waals surface area contributed by atoms with Crippen LogP contribution in [0.5, 0.6) is 0 Å². The van der Waals surface area contributed by atoms with E-state index in [2.05, 4.69) is 167 Å². The Labute approximate surface area is 264 Å². The largest absolute Gasteiger partial charge is 0.307 e. The van der Waals surface area contributed by atoms with Gasteiger partial charge in [-0.2, -0.15) is 0 Å². The van der Waals surface area contributed by atoms with Crippen LogP contribution >= 0.6 is 11.3 Å². The van der Waals surface area contributed by atoms with Crippen molar-refractivity contribution in [3.63, 3.8) is 0 Å². The molecule has 0 N–H and O–H groups in total. The van der Waals surface area contributed by atoms with Gasteiger partial charge in [0, 0.05) is 42.7 Å². The molecule has 0 unspecified atom stereocenters. The van der Waals surface area contributed by atoms with Gasteiger partial charge in [-0.25, -0.2) is 0 Å². The molecule has 10 aromatic rings. The van der Waals surface area contributed by atoms with Gasteiger partial charge in [-0.15, -0.1) is 11.3 Å². The molecule has 3 heteroatoms. The Balaban J connectivity index is 1.32. The van der Waals surface area contributed by atoms with Crippen LogP contribution in [0.1, 0.15) is 0 Å². The van der Waals surface area contributed by atoms with Crippen molar-refractivity contribution in [1.82, 2.24) is 4.40 Å². The first-order valence-corrected chi connectivity index (χ1v) is 16.2. The molecule has 0 radical (unpaired) electrons. The van der Waals surface area contributed by atoms with Crippen LogP contribution in [0.4, 0.5) is 17.1 Å². The monoisotopic (exact) mass is 590 g/mol. The van der Waals surface area contributed by atoms with Crippen molar-refractivity contribution < 1.29 is 0 Å². The van der Waals surface area contributed by atoms with E-state index in [-0.39, 0.29) is 0 Å². The third kappa shape index (κ3) is 3.50. The number of fused-ring (bicyclic) bond motifs is 9. The van der Waals surface area contributed by atoms with Crippen LogP contribution in [-0.4, -0.2) is 4.40 Å². The summed E-state index contributed by atoms with van der Waals surface area (Å²) in [5.74, 6) is 0. The van der Waals surface area contributed by atoms with Gasteiger partial charge in [-0.3, -0.25) is 0 Å². The third-order valence-corrected chi connectivity index (χ3v) is 10.5. The summed E-state index contributed by atoms with van der Waals surface area (Å²) in [6, 6.07) is 57.6. The lowest BCUT2D eigenvalue weighted by atomic mass is 10.0. The molecule has 0 amide bonds. The lowest BCUT2D eigenvalue weighted by Gasteiger charge is -2.27. The average Bonchev–Trinajstić information content (AvgIpc) is 3.77. The summed E-state index contributed by atoms with van der Waals surface area (Å²) in [7, 11) is 0. The fraction of sp³-hybridized carbons (Fsp3) is 0. The molecule has 0 atom stereocenters. The second-order valence-electron chi connectivity index (χ2n) is 11.7. The van der Waals surface area contributed by atoms with E-state index in [1.807, 2.05) is 11.3 Å². The summed E-state index contributed by atoms with van der Waals surface area (Å²) >= 11 is 1.88. The molecule has 0 aliphatic heterocycles. The van der Waals surface area contributed by atoms with E-state index >= 15 is 0 Å². The van der Waals surface area contributed by atoms with E-state index in [4.69, 9.17) is 0 Å². The van der Waals surface area contributed by atoms with Gasteiger partial charge < -0.3 is 9.30 Å². The molecule has 210 valence electrons. The number of nitrogens with zero attached hydrogens (tertiary/aromatic N) is 2. The number of hydrogen-bond donors (Lipinski definition) is 0. The number of aromatic nitrogens is 1. The molecule has 0 aliphatic rings. The van der Waals surface area contributed by atoms with Crippen LogP contribution in [0.25, 0.3) is 69.4 Å². The van der Waals surface area contributed by atoms with Crippen LogP contribution in [0.15, 0.2) is 158 Å². The molecule has 0 spiro atoms. The van der Waals surface area contributed by atoms with Crippen molar-refractivity contribution in [1.29, 1.82) is 0 Å². The summed E-state index contributed by atoms with van der Waals surface area (Å²) in [4.78, 5) is 2.48. The van der Waals surface area contributed by atoms with Crippen molar-refractivity contribution in [2.75, 3.05) is 4.90 Å². The molecule has 0 fully saturated rings. The van der Waals surface area contributed by atoms with Crippen molar-refractivity contribution in [3.8, 4) is 11.1 Å². The average molecular weight is 591 g/mol. The van der Waals surface area contributed by atoms with E-state index in [0.29, 0.717) is 0 Å². The van der Waals surface area contributed by atoms with Gasteiger partial charge in [-0.05, 0) is 47.5 Å². The van der Waals surface area contributed by atoms with Crippen LogP contribution < -0.4 is 4.90 Å². The number of para-hydroxylation sites is 3. The van der Waals surface area contributed by atoms with Gasteiger partial charge in [0.15, 0.2) is 0 Å². The Bertz CT molecular complexity index is 2700. The molecule has 2 nitrogen and oxygen atoms in total. The smallest absolute Gasteiger partial charge is 0.0782 e. The molecule has 3 aromatic heterocycles. The fourth-order valence-corrected chi connectivity index (χ4v) is 8.59. The number of anilines is 3. The molecule has 7 aromatic carbocycles. The predicted molar refractivity (Wildman–Crippen MR) is 194 cm³/mol. The van der Waals surface area contributed by atoms with Gasteiger partial charge >= 0.3 is 0 Å². The van der Waals surface area contributed by atoms with Crippen LogP contribution in [0.3, 0.4) is 0 Å². The standard InChI is InChI=1S/C42H26N2S/c1-2-11-27(12-3-1)28-23-25-29(26-24-28)43(38-21-10-18-35-31-14-5-7-22-39(31)45-42(35)38)37-20-9-17-34-33-16-8-15-32-30-13-4-6-19-36(30)44(40(32)33)41(34)37/h1-26H. The van der Waals surface area contributed by atoms with Gasteiger partial charge in [-0.1, -0.05) is 121 Å². The summed E-state index contributed by atoms with van der Waals surface area (Å²) in [6.45, 7) is 0. The maximum atomic E-state index is 2.50. The zero-order chi connectivity index (χ0) is 29.5. The highest BCUT2D eigenvalue weighted by atomic mass is 32.1. The van der Waals surface area contributed by atoms with Gasteiger partial charge in [0.05, 0.1) is 32.6 Å². The third-order valence-electron chi connectivity index (χ3n) is 9.32. The minimum Gasteiger partial charge on any atom is -0.307 e. The number of rotatable bonds is 4. The van der Waals surface area contributed by atoms with Gasteiger partial charge in [0.2, 0.25) is 0 Å². The number of thiophene rings is 1. The van der Waals surface area contributed by atoms with Crippen molar-refractivity contribution in [2.45, 2.75) is 0 Å². The van der Waals surface area contributed by atoms with E-state index in [9.17, 15) is 0 Å². The zero-order valence-electron chi connectivity index (χ0n) is 24.3. The number of benzene rings is 7. The highest BCUT2D eigenvalue weighted by molar-refractivity contribution is 7.26. The molecule has 0 saturated carbocycles. The normalized spacial score (nSPS) is 12.0. The quantitative estimate of drug-likeness (QED) is 0.198. The highest BCUT2D eigenvalue weighted by Gasteiger charge is 2.24. The second-order valence-corrected chi connectivity index (χ2v) is 12.8. The maximum Gasteiger partial charge on any atom is 0.0782 e. The van der Waals surface area contributed by atoms with E-state index in [1.165, 1.54) is 80.8 Å². The van der Waals surface area contributed by atoms with Gasteiger partial charge in [0.1, 0.15) is 0 Å². The van der Waals surface area contributed by atoms with Gasteiger partial charge in [0.25, 0.3) is 0 Å². The van der Waals surface area contributed by atoms with E-state index < -0.39 is 0 Å². The fourth-order valence-electron chi connectivity index (χ4n) is 7.38. The Morgan fingerprint density at radius 3 is 1.80 bits per heavy atom. The summed E-state index contributed by atoms with van der Waals surface area (Å²) in [5.41, 5.74) is 9.70. The molecular formula is C42H26N2S. The Kier molecular flexibility index (Phi) is 5.19. The second kappa shape index (κ2) is 9.43. The van der Waals surface area contributed by atoms with Crippen LogP contribution in [-0.2, 0) is 0 Å². The molecule has 0 aliphatic carbocycles. The number of hydrogen-bond acceptors (Lipinski definition) is 2. The molecule has 3 heterocycles. The topological polar surface area (TPSA) is 7.65 Å². The lowest BCUT2D eigenvalue weighted by Crippen LogP contribution is -2.11. The summed E-state index contributed by atoms with van der Waals surface area (Å²) < 4.78 is 5.10. The maximum absolute atomic E-state index is 2.50. The first kappa shape index (κ1) is 24.8. The van der Waals surface area contributed by atoms with Crippen molar-refractivity contribution >= 4 is 86.7 Å². The SMILES string of the molecule is c1ccc(-c2ccc(N(c3cccc4c3sc3ccccc34)c3cccc4c5cccc6c7ccccc7n(c34)c65)cc2)cc1. The molecular weight excluding hydrogens is 565 g/mol. The zero-order valence-corrected chi connectivity index (χ0v) is 25.1. The molecule has 0 bridgehead atoms. The molecule has 45 heavy (non-hydrogen) atoms. The predicted octanol–water partition coefficient (Wildman–Crippen LogP) is 12.3. The summed E-state index contributed by atoms with van der Waals surface area (Å²) in [6.07, 6.45) is 0. The first-order chi connectivity index (χ1) is 22.3. The molecule has 0 saturated heterocycles. The van der Waals surface area contributed by atoms with Crippen LogP contribution in [0.2, 0.25) is 0 Å².